The van der Waals surface area contributed by atoms with Crippen LogP contribution in [0.3, 0.4) is 0 Å². The number of phenols is 1. The summed E-state index contributed by atoms with van der Waals surface area (Å²) < 4.78 is 12.9. The Hall–Kier alpha value is -1.23. The molecule has 16 heavy (non-hydrogen) atoms. The van der Waals surface area contributed by atoms with Crippen molar-refractivity contribution in [2.45, 2.75) is 12.5 Å². The minimum absolute atomic E-state index is 0.00287. The topological polar surface area (TPSA) is 49.3 Å². The van der Waals surface area contributed by atoms with Gasteiger partial charge in [0.05, 0.1) is 5.56 Å². The third kappa shape index (κ3) is 2.47. The highest BCUT2D eigenvalue weighted by Gasteiger charge is 2.20. The maximum absolute atomic E-state index is 12.9. The first-order valence-corrected chi connectivity index (χ1v) is 6.19. The molecule has 0 bridgehead atoms. The molecule has 1 atom stereocenters. The van der Waals surface area contributed by atoms with Gasteiger partial charge >= 0.3 is 0 Å². The van der Waals surface area contributed by atoms with Crippen molar-refractivity contribution in [3.8, 4) is 5.75 Å². The summed E-state index contributed by atoms with van der Waals surface area (Å²) in [6.07, 6.45) is 0.923. The number of rotatable bonds is 2. The van der Waals surface area contributed by atoms with Gasteiger partial charge in [-0.2, -0.15) is 11.8 Å². The van der Waals surface area contributed by atoms with Crippen LogP contribution in [0.1, 0.15) is 16.8 Å². The average Bonchev–Trinajstić information content (AvgIpc) is 2.74. The van der Waals surface area contributed by atoms with Crippen LogP contribution in [-0.2, 0) is 0 Å². The van der Waals surface area contributed by atoms with Crippen molar-refractivity contribution in [3.63, 3.8) is 0 Å². The molecule has 1 amide bonds. The lowest BCUT2D eigenvalue weighted by molar-refractivity contribution is 0.0938. The van der Waals surface area contributed by atoms with E-state index < -0.39 is 11.7 Å². The number of aromatic hydroxyl groups is 1. The van der Waals surface area contributed by atoms with Crippen molar-refractivity contribution in [3.05, 3.63) is 29.6 Å². The van der Waals surface area contributed by atoms with E-state index in [1.165, 1.54) is 6.07 Å². The molecule has 86 valence electrons. The molecule has 1 saturated heterocycles. The molecule has 0 aromatic heterocycles. The van der Waals surface area contributed by atoms with Gasteiger partial charge in [0, 0.05) is 11.8 Å². The van der Waals surface area contributed by atoms with Crippen LogP contribution in [-0.4, -0.2) is 28.6 Å². The van der Waals surface area contributed by atoms with E-state index in [9.17, 15) is 14.3 Å². The summed E-state index contributed by atoms with van der Waals surface area (Å²) in [5.41, 5.74) is -0.00287. The first-order chi connectivity index (χ1) is 7.66. The van der Waals surface area contributed by atoms with Crippen LogP contribution in [0.2, 0.25) is 0 Å². The third-order valence-corrected chi connectivity index (χ3v) is 3.63. The van der Waals surface area contributed by atoms with E-state index in [2.05, 4.69) is 5.32 Å². The fourth-order valence-corrected chi connectivity index (χ4v) is 2.75. The van der Waals surface area contributed by atoms with Crippen LogP contribution >= 0.6 is 11.8 Å². The van der Waals surface area contributed by atoms with Gasteiger partial charge in [0.1, 0.15) is 11.6 Å². The number of phenolic OH excluding ortho intramolecular Hbond substituents is 1. The van der Waals surface area contributed by atoms with Gasteiger partial charge < -0.3 is 10.4 Å². The molecule has 0 saturated carbocycles. The van der Waals surface area contributed by atoms with Crippen molar-refractivity contribution in [2.75, 3.05) is 11.5 Å². The van der Waals surface area contributed by atoms with E-state index in [0.29, 0.717) is 0 Å². The molecule has 5 heteroatoms. The number of carbonyl (C=O) groups excluding carboxylic acids is 1. The minimum atomic E-state index is -0.524. The van der Waals surface area contributed by atoms with Gasteiger partial charge in [-0.25, -0.2) is 4.39 Å². The second-order valence-corrected chi connectivity index (χ2v) is 4.85. The molecule has 0 radical (unpaired) electrons. The number of hydrogen-bond donors (Lipinski definition) is 2. The first kappa shape index (κ1) is 11.3. The quantitative estimate of drug-likeness (QED) is 0.829. The molecular formula is C11H12FNO2S. The van der Waals surface area contributed by atoms with Gasteiger partial charge in [-0.05, 0) is 30.4 Å². The Kier molecular flexibility index (Phi) is 3.33. The van der Waals surface area contributed by atoms with Crippen molar-refractivity contribution in [1.29, 1.82) is 0 Å². The summed E-state index contributed by atoms with van der Waals surface area (Å²) in [6.45, 7) is 0. The summed E-state index contributed by atoms with van der Waals surface area (Å²) in [7, 11) is 0. The Morgan fingerprint density at radius 1 is 1.56 bits per heavy atom. The summed E-state index contributed by atoms with van der Waals surface area (Å²) in [4.78, 5) is 11.7. The average molecular weight is 241 g/mol. The number of benzene rings is 1. The Balaban J connectivity index is 2.10. The van der Waals surface area contributed by atoms with Crippen LogP contribution in [0.4, 0.5) is 4.39 Å². The van der Waals surface area contributed by atoms with Crippen molar-refractivity contribution in [2.24, 2.45) is 0 Å². The Labute approximate surface area is 97.0 Å². The van der Waals surface area contributed by atoms with Gasteiger partial charge in [-0.3, -0.25) is 4.79 Å². The van der Waals surface area contributed by atoms with E-state index in [0.717, 1.165) is 30.1 Å². The zero-order chi connectivity index (χ0) is 11.5. The molecule has 2 N–H and O–H groups in total. The molecule has 1 unspecified atom stereocenters. The fourth-order valence-electron chi connectivity index (χ4n) is 1.60. The van der Waals surface area contributed by atoms with Crippen molar-refractivity contribution >= 4 is 17.7 Å². The highest BCUT2D eigenvalue weighted by atomic mass is 32.2. The normalized spacial score (nSPS) is 19.7. The number of carbonyl (C=O) groups is 1. The molecular weight excluding hydrogens is 229 g/mol. The van der Waals surface area contributed by atoms with Gasteiger partial charge in [0.15, 0.2) is 0 Å². The highest BCUT2D eigenvalue weighted by Crippen LogP contribution is 2.20. The maximum Gasteiger partial charge on any atom is 0.255 e. The molecule has 1 heterocycles. The molecule has 1 aliphatic rings. The largest absolute Gasteiger partial charge is 0.507 e. The predicted molar refractivity (Wildman–Crippen MR) is 61.3 cm³/mol. The van der Waals surface area contributed by atoms with E-state index in [1.807, 2.05) is 0 Å². The van der Waals surface area contributed by atoms with Gasteiger partial charge in [0.2, 0.25) is 0 Å². The third-order valence-electron chi connectivity index (χ3n) is 2.47. The fraction of sp³-hybridized carbons (Fsp3) is 0.364. The number of thioether (sulfide) groups is 1. The van der Waals surface area contributed by atoms with Crippen LogP contribution < -0.4 is 5.32 Å². The highest BCUT2D eigenvalue weighted by molar-refractivity contribution is 7.99. The SMILES string of the molecule is O=C(NC1CCSC1)c1cc(F)ccc1O. The summed E-state index contributed by atoms with van der Waals surface area (Å²) in [6, 6.07) is 3.48. The van der Waals surface area contributed by atoms with E-state index >= 15 is 0 Å². The molecule has 3 nitrogen and oxygen atoms in total. The number of amides is 1. The number of nitrogens with one attached hydrogen (secondary N) is 1. The molecule has 1 fully saturated rings. The molecule has 2 rings (SSSR count). The second-order valence-electron chi connectivity index (χ2n) is 3.70. The van der Waals surface area contributed by atoms with Gasteiger partial charge in [0.25, 0.3) is 5.91 Å². The molecule has 1 aromatic rings. The number of halogens is 1. The second kappa shape index (κ2) is 4.74. The van der Waals surface area contributed by atoms with Crippen molar-refractivity contribution in [1.82, 2.24) is 5.32 Å². The van der Waals surface area contributed by atoms with E-state index in [1.54, 1.807) is 11.8 Å². The predicted octanol–water partition coefficient (Wildman–Crippen LogP) is 1.77. The van der Waals surface area contributed by atoms with Crippen LogP contribution in [0, 0.1) is 5.82 Å². The zero-order valence-corrected chi connectivity index (χ0v) is 9.39. The van der Waals surface area contributed by atoms with E-state index in [4.69, 9.17) is 0 Å². The number of hydrogen-bond acceptors (Lipinski definition) is 3. The molecule has 0 spiro atoms. The summed E-state index contributed by atoms with van der Waals surface area (Å²) >= 11 is 1.78. The maximum atomic E-state index is 12.9. The zero-order valence-electron chi connectivity index (χ0n) is 8.57. The van der Waals surface area contributed by atoms with Crippen molar-refractivity contribution < 1.29 is 14.3 Å². The monoisotopic (exact) mass is 241 g/mol. The summed E-state index contributed by atoms with van der Waals surface area (Å²) in [5.74, 6) is 0.778. The molecule has 0 aliphatic carbocycles. The lowest BCUT2D eigenvalue weighted by Crippen LogP contribution is -2.34. The van der Waals surface area contributed by atoms with Gasteiger partial charge in [-0.15, -0.1) is 0 Å². The molecule has 1 aliphatic heterocycles. The smallest absolute Gasteiger partial charge is 0.255 e. The lowest BCUT2D eigenvalue weighted by atomic mass is 10.1. The van der Waals surface area contributed by atoms with Gasteiger partial charge in [-0.1, -0.05) is 0 Å². The van der Waals surface area contributed by atoms with E-state index in [-0.39, 0.29) is 17.4 Å². The molecule has 1 aromatic carbocycles. The standard InChI is InChI=1S/C11H12FNO2S/c12-7-1-2-10(14)9(5-7)11(15)13-8-3-4-16-6-8/h1-2,5,8,14H,3-4,6H2,(H,13,15). The Morgan fingerprint density at radius 3 is 3.06 bits per heavy atom. The first-order valence-electron chi connectivity index (χ1n) is 5.04. The van der Waals surface area contributed by atoms with Crippen LogP contribution in [0.15, 0.2) is 18.2 Å². The Morgan fingerprint density at radius 2 is 2.38 bits per heavy atom. The summed E-state index contributed by atoms with van der Waals surface area (Å²) in [5, 5.41) is 12.2. The van der Waals surface area contributed by atoms with Crippen LogP contribution in [0.5, 0.6) is 5.75 Å². The minimum Gasteiger partial charge on any atom is -0.507 e. The van der Waals surface area contributed by atoms with Crippen LogP contribution in [0.25, 0.3) is 0 Å². The Bertz CT molecular complexity index is 405. The lowest BCUT2D eigenvalue weighted by Gasteiger charge is -2.11.